The van der Waals surface area contributed by atoms with E-state index in [1.807, 2.05) is 25.1 Å². The molecule has 0 saturated heterocycles. The largest absolute Gasteiger partial charge is 0.497 e. The van der Waals surface area contributed by atoms with E-state index in [1.54, 1.807) is 37.5 Å². The van der Waals surface area contributed by atoms with Crippen LogP contribution in [0.1, 0.15) is 59.0 Å². The summed E-state index contributed by atoms with van der Waals surface area (Å²) in [4.78, 5) is 25.6. The third-order valence-corrected chi connectivity index (χ3v) is 5.35. The summed E-state index contributed by atoms with van der Waals surface area (Å²) in [5.41, 5.74) is 3.62. The van der Waals surface area contributed by atoms with Gasteiger partial charge in [0.2, 0.25) is 0 Å². The minimum atomic E-state index is -0.198. The van der Waals surface area contributed by atoms with Crippen molar-refractivity contribution in [2.24, 2.45) is 0 Å². The van der Waals surface area contributed by atoms with Gasteiger partial charge < -0.3 is 20.1 Å². The van der Waals surface area contributed by atoms with Crippen LogP contribution in [0.4, 0.5) is 0 Å². The highest BCUT2D eigenvalue weighted by Gasteiger charge is 2.28. The Kier molecular flexibility index (Phi) is 7.70. The number of amides is 1. The summed E-state index contributed by atoms with van der Waals surface area (Å²) >= 11 is 0. The standard InChI is InChI=1S/C26H32N2O4/c1-5-32-13-7-12-27-25(30)19-9-6-8-18(14-19)24(29)16-23-22-15-21(31-4)11-10-20(22)17-26(2,3)28-23/h6,8-11,14-16,28H,5,7,12-13,17H2,1-4H3,(H,27,30)/b23-16-. The predicted molar refractivity (Wildman–Crippen MR) is 126 cm³/mol. The molecule has 6 nitrogen and oxygen atoms in total. The van der Waals surface area contributed by atoms with E-state index in [4.69, 9.17) is 9.47 Å². The number of rotatable bonds is 9. The molecular formula is C26H32N2O4. The molecule has 0 unspecified atom stereocenters. The van der Waals surface area contributed by atoms with Crippen LogP contribution in [0.3, 0.4) is 0 Å². The summed E-state index contributed by atoms with van der Waals surface area (Å²) in [6.07, 6.45) is 3.20. The van der Waals surface area contributed by atoms with Gasteiger partial charge >= 0.3 is 0 Å². The Morgan fingerprint density at radius 2 is 1.94 bits per heavy atom. The second-order valence-electron chi connectivity index (χ2n) is 8.52. The lowest BCUT2D eigenvalue weighted by molar-refractivity contribution is 0.0944. The number of hydrogen-bond acceptors (Lipinski definition) is 5. The van der Waals surface area contributed by atoms with Gasteiger partial charge in [-0.05, 0) is 63.4 Å². The molecule has 1 aliphatic rings. The normalized spacial score (nSPS) is 15.6. The number of methoxy groups -OCH3 is 1. The van der Waals surface area contributed by atoms with Crippen LogP contribution in [-0.2, 0) is 11.2 Å². The molecule has 0 atom stereocenters. The van der Waals surface area contributed by atoms with Gasteiger partial charge in [-0.25, -0.2) is 0 Å². The molecule has 3 rings (SSSR count). The minimum absolute atomic E-state index is 0.162. The fourth-order valence-corrected chi connectivity index (χ4v) is 3.80. The molecule has 0 saturated carbocycles. The van der Waals surface area contributed by atoms with E-state index in [2.05, 4.69) is 24.5 Å². The lowest BCUT2D eigenvalue weighted by Crippen LogP contribution is -2.43. The second kappa shape index (κ2) is 10.5. The van der Waals surface area contributed by atoms with Gasteiger partial charge in [0.15, 0.2) is 5.78 Å². The zero-order chi connectivity index (χ0) is 23.1. The zero-order valence-corrected chi connectivity index (χ0v) is 19.3. The van der Waals surface area contributed by atoms with Crippen molar-refractivity contribution in [3.05, 3.63) is 70.8 Å². The molecule has 0 fully saturated rings. The first-order valence-electron chi connectivity index (χ1n) is 11.0. The lowest BCUT2D eigenvalue weighted by Gasteiger charge is -2.35. The second-order valence-corrected chi connectivity index (χ2v) is 8.52. The Balaban J connectivity index is 1.79. The molecule has 0 aliphatic carbocycles. The van der Waals surface area contributed by atoms with Gasteiger partial charge in [-0.1, -0.05) is 18.2 Å². The third-order valence-electron chi connectivity index (χ3n) is 5.35. The Bertz CT molecular complexity index is 1010. The number of ether oxygens (including phenoxy) is 2. The Morgan fingerprint density at radius 3 is 2.69 bits per heavy atom. The van der Waals surface area contributed by atoms with E-state index in [9.17, 15) is 9.59 Å². The average Bonchev–Trinajstić information content (AvgIpc) is 2.78. The number of carbonyl (C=O) groups is 2. The molecule has 2 N–H and O–H groups in total. The number of hydrogen-bond donors (Lipinski definition) is 2. The first-order valence-corrected chi connectivity index (χ1v) is 11.0. The van der Waals surface area contributed by atoms with Gasteiger partial charge in [0.25, 0.3) is 5.91 Å². The minimum Gasteiger partial charge on any atom is -0.497 e. The molecule has 2 aromatic carbocycles. The van der Waals surface area contributed by atoms with Gasteiger partial charge in [-0.3, -0.25) is 9.59 Å². The van der Waals surface area contributed by atoms with Crippen molar-refractivity contribution in [2.45, 2.75) is 39.2 Å². The predicted octanol–water partition coefficient (Wildman–Crippen LogP) is 4.00. The van der Waals surface area contributed by atoms with E-state index < -0.39 is 0 Å². The summed E-state index contributed by atoms with van der Waals surface area (Å²) in [7, 11) is 1.63. The van der Waals surface area contributed by atoms with Crippen LogP contribution >= 0.6 is 0 Å². The maximum absolute atomic E-state index is 13.1. The Labute approximate surface area is 190 Å². The summed E-state index contributed by atoms with van der Waals surface area (Å²) in [6.45, 7) is 7.95. The molecule has 6 heteroatoms. The lowest BCUT2D eigenvalue weighted by atomic mass is 9.85. The average molecular weight is 437 g/mol. The van der Waals surface area contributed by atoms with Crippen LogP contribution in [0.25, 0.3) is 5.70 Å². The van der Waals surface area contributed by atoms with Crippen molar-refractivity contribution in [3.8, 4) is 5.75 Å². The summed E-state index contributed by atoms with van der Waals surface area (Å²) < 4.78 is 10.7. The Morgan fingerprint density at radius 1 is 1.16 bits per heavy atom. The van der Waals surface area contributed by atoms with Crippen molar-refractivity contribution < 1.29 is 19.1 Å². The highest BCUT2D eigenvalue weighted by atomic mass is 16.5. The van der Waals surface area contributed by atoms with Crippen molar-refractivity contribution in [1.82, 2.24) is 10.6 Å². The first kappa shape index (κ1) is 23.5. The SMILES string of the molecule is CCOCCCNC(=O)c1cccc(C(=O)/C=C2\NC(C)(C)Cc3ccc(OC)cc32)c1. The molecule has 1 heterocycles. The Hall–Kier alpha value is -3.12. The highest BCUT2D eigenvalue weighted by Crippen LogP contribution is 2.32. The van der Waals surface area contributed by atoms with Crippen LogP contribution in [0.5, 0.6) is 5.75 Å². The number of carbonyl (C=O) groups excluding carboxylic acids is 2. The number of nitrogens with one attached hydrogen (secondary N) is 2. The molecular weight excluding hydrogens is 404 g/mol. The molecule has 32 heavy (non-hydrogen) atoms. The van der Waals surface area contributed by atoms with E-state index in [1.165, 1.54) is 0 Å². The fourth-order valence-electron chi connectivity index (χ4n) is 3.80. The molecule has 0 aromatic heterocycles. The number of allylic oxidation sites excluding steroid dienone is 1. The highest BCUT2D eigenvalue weighted by molar-refractivity contribution is 6.10. The smallest absolute Gasteiger partial charge is 0.251 e. The van der Waals surface area contributed by atoms with Gasteiger partial charge in [-0.15, -0.1) is 0 Å². The van der Waals surface area contributed by atoms with Gasteiger partial charge in [0.1, 0.15) is 5.75 Å². The number of fused-ring (bicyclic) bond motifs is 1. The van der Waals surface area contributed by atoms with Crippen LogP contribution in [0.15, 0.2) is 48.5 Å². The van der Waals surface area contributed by atoms with Gasteiger partial charge in [0, 0.05) is 53.8 Å². The van der Waals surface area contributed by atoms with Crippen LogP contribution in [0.2, 0.25) is 0 Å². The summed E-state index contributed by atoms with van der Waals surface area (Å²) in [5.74, 6) is 0.382. The van der Waals surface area contributed by atoms with E-state index >= 15 is 0 Å². The van der Waals surface area contributed by atoms with E-state index in [0.717, 1.165) is 35.4 Å². The maximum atomic E-state index is 13.1. The van der Waals surface area contributed by atoms with Crippen molar-refractivity contribution in [1.29, 1.82) is 0 Å². The topological polar surface area (TPSA) is 76.7 Å². The van der Waals surface area contributed by atoms with Crippen molar-refractivity contribution in [3.63, 3.8) is 0 Å². The molecule has 170 valence electrons. The molecule has 0 bridgehead atoms. The van der Waals surface area contributed by atoms with E-state index in [0.29, 0.717) is 30.9 Å². The van der Waals surface area contributed by atoms with Crippen LogP contribution < -0.4 is 15.4 Å². The van der Waals surface area contributed by atoms with E-state index in [-0.39, 0.29) is 17.2 Å². The molecule has 0 spiro atoms. The first-order chi connectivity index (χ1) is 15.3. The number of ketones is 1. The molecule has 1 amide bonds. The zero-order valence-electron chi connectivity index (χ0n) is 19.3. The number of benzene rings is 2. The quantitative estimate of drug-likeness (QED) is 0.353. The van der Waals surface area contributed by atoms with Crippen molar-refractivity contribution >= 4 is 17.4 Å². The molecule has 2 aromatic rings. The van der Waals surface area contributed by atoms with Crippen LogP contribution in [0, 0.1) is 0 Å². The maximum Gasteiger partial charge on any atom is 0.251 e. The summed E-state index contributed by atoms with van der Waals surface area (Å²) in [5, 5.41) is 6.35. The van der Waals surface area contributed by atoms with Crippen LogP contribution in [-0.4, -0.2) is 44.1 Å². The summed E-state index contributed by atoms with van der Waals surface area (Å²) in [6, 6.07) is 12.7. The molecule has 1 aliphatic heterocycles. The van der Waals surface area contributed by atoms with Gasteiger partial charge in [-0.2, -0.15) is 0 Å². The van der Waals surface area contributed by atoms with Crippen molar-refractivity contribution in [2.75, 3.05) is 26.9 Å². The molecule has 0 radical (unpaired) electrons. The third kappa shape index (κ3) is 5.98. The monoisotopic (exact) mass is 436 g/mol. The fraction of sp³-hybridized carbons (Fsp3) is 0.385. The van der Waals surface area contributed by atoms with Gasteiger partial charge in [0.05, 0.1) is 7.11 Å².